The number of ether oxygens (including phenoxy) is 1. The van der Waals surface area contributed by atoms with E-state index >= 15 is 0 Å². The predicted octanol–water partition coefficient (Wildman–Crippen LogP) is 1.80. The van der Waals surface area contributed by atoms with Gasteiger partial charge < -0.3 is 10.5 Å². The summed E-state index contributed by atoms with van der Waals surface area (Å²) in [6, 6.07) is 4.66. The number of aromatic nitrogens is 2. The third-order valence-corrected chi connectivity index (χ3v) is 2.62. The van der Waals surface area contributed by atoms with E-state index in [1.165, 1.54) is 13.2 Å². The molecule has 0 aliphatic rings. The maximum atomic E-state index is 13.5. The van der Waals surface area contributed by atoms with E-state index in [1.807, 2.05) is 6.07 Å². The molecule has 4 nitrogen and oxygen atoms in total. The van der Waals surface area contributed by atoms with Gasteiger partial charge in [-0.25, -0.2) is 4.39 Å². The summed E-state index contributed by atoms with van der Waals surface area (Å²) in [4.78, 5) is 0. The highest BCUT2D eigenvalue weighted by Crippen LogP contribution is 2.21. The number of benzene rings is 1. The molecular weight excluding hydrogens is 221 g/mol. The van der Waals surface area contributed by atoms with Gasteiger partial charge in [0.05, 0.1) is 13.3 Å². The van der Waals surface area contributed by atoms with E-state index in [-0.39, 0.29) is 17.6 Å². The van der Waals surface area contributed by atoms with Crippen LogP contribution >= 0.6 is 0 Å². The summed E-state index contributed by atoms with van der Waals surface area (Å²) in [5, 5.41) is 6.53. The highest BCUT2D eigenvalue weighted by atomic mass is 19.1. The van der Waals surface area contributed by atoms with E-state index in [4.69, 9.17) is 10.5 Å². The van der Waals surface area contributed by atoms with Gasteiger partial charge in [0.2, 0.25) is 0 Å². The van der Waals surface area contributed by atoms with Gasteiger partial charge in [0.25, 0.3) is 0 Å². The Balaban J connectivity index is 2.11. The van der Waals surface area contributed by atoms with Crippen LogP contribution in [0.3, 0.4) is 0 Å². The van der Waals surface area contributed by atoms with Crippen LogP contribution in [0.5, 0.6) is 5.75 Å². The van der Waals surface area contributed by atoms with Crippen molar-refractivity contribution in [3.8, 4) is 5.75 Å². The van der Waals surface area contributed by atoms with E-state index in [0.717, 1.165) is 11.1 Å². The first kappa shape index (κ1) is 11.6. The molecule has 1 atom stereocenters. The molecule has 1 aromatic heterocycles. The molecule has 0 fully saturated rings. The Morgan fingerprint density at radius 1 is 1.53 bits per heavy atom. The Bertz CT molecular complexity index is 485. The van der Waals surface area contributed by atoms with E-state index in [9.17, 15) is 4.39 Å². The number of nitrogens with two attached hydrogens (primary N) is 1. The molecule has 0 radical (unpaired) electrons. The number of nitrogens with zero attached hydrogens (tertiary/aromatic N) is 1. The van der Waals surface area contributed by atoms with Crippen molar-refractivity contribution >= 4 is 0 Å². The smallest absolute Gasteiger partial charge is 0.165 e. The topological polar surface area (TPSA) is 63.9 Å². The summed E-state index contributed by atoms with van der Waals surface area (Å²) in [6.45, 7) is 0. The SMILES string of the molecule is COc1ccc(CC(N)c2cn[nH]c2)cc1F. The third-order valence-electron chi connectivity index (χ3n) is 2.62. The van der Waals surface area contributed by atoms with E-state index < -0.39 is 0 Å². The summed E-state index contributed by atoms with van der Waals surface area (Å²) >= 11 is 0. The molecule has 0 saturated carbocycles. The number of rotatable bonds is 4. The van der Waals surface area contributed by atoms with Crippen LogP contribution in [-0.4, -0.2) is 17.3 Å². The first-order valence-corrected chi connectivity index (χ1v) is 5.27. The van der Waals surface area contributed by atoms with Gasteiger partial charge in [0.1, 0.15) is 0 Å². The molecule has 2 rings (SSSR count). The van der Waals surface area contributed by atoms with Crippen LogP contribution in [0.2, 0.25) is 0 Å². The average molecular weight is 235 g/mol. The Labute approximate surface area is 98.6 Å². The third kappa shape index (κ3) is 2.62. The maximum Gasteiger partial charge on any atom is 0.165 e. The lowest BCUT2D eigenvalue weighted by atomic mass is 10.0. The number of nitrogens with one attached hydrogen (secondary N) is 1. The molecule has 0 aliphatic carbocycles. The van der Waals surface area contributed by atoms with Gasteiger partial charge in [0.15, 0.2) is 11.6 Å². The quantitative estimate of drug-likeness (QED) is 0.849. The maximum absolute atomic E-state index is 13.5. The molecule has 17 heavy (non-hydrogen) atoms. The van der Waals surface area contributed by atoms with Gasteiger partial charge in [-0.1, -0.05) is 6.07 Å². The van der Waals surface area contributed by atoms with Crippen molar-refractivity contribution < 1.29 is 9.13 Å². The van der Waals surface area contributed by atoms with Crippen molar-refractivity contribution in [2.45, 2.75) is 12.5 Å². The molecule has 1 aromatic carbocycles. The second-order valence-corrected chi connectivity index (χ2v) is 3.81. The molecule has 0 bridgehead atoms. The van der Waals surface area contributed by atoms with Crippen molar-refractivity contribution in [1.82, 2.24) is 10.2 Å². The molecule has 0 spiro atoms. The molecule has 90 valence electrons. The van der Waals surface area contributed by atoms with Crippen molar-refractivity contribution in [3.05, 3.63) is 47.5 Å². The predicted molar refractivity (Wildman–Crippen MR) is 62.2 cm³/mol. The number of methoxy groups -OCH3 is 1. The molecule has 1 unspecified atom stereocenters. The van der Waals surface area contributed by atoms with Crippen LogP contribution in [0.15, 0.2) is 30.6 Å². The minimum atomic E-state index is -0.371. The Morgan fingerprint density at radius 3 is 2.94 bits per heavy atom. The Hall–Kier alpha value is -1.88. The lowest BCUT2D eigenvalue weighted by molar-refractivity contribution is 0.386. The van der Waals surface area contributed by atoms with E-state index in [2.05, 4.69) is 10.2 Å². The lowest BCUT2D eigenvalue weighted by Crippen LogP contribution is -2.12. The van der Waals surface area contributed by atoms with Crippen molar-refractivity contribution in [2.24, 2.45) is 5.73 Å². The van der Waals surface area contributed by atoms with Crippen LogP contribution in [0, 0.1) is 5.82 Å². The summed E-state index contributed by atoms with van der Waals surface area (Å²) in [5.74, 6) is -0.130. The van der Waals surface area contributed by atoms with E-state index in [1.54, 1.807) is 18.5 Å². The van der Waals surface area contributed by atoms with Crippen molar-refractivity contribution in [2.75, 3.05) is 7.11 Å². The standard InChI is InChI=1S/C12H14FN3O/c1-17-12-3-2-8(4-10(12)13)5-11(14)9-6-15-16-7-9/h2-4,6-7,11H,5,14H2,1H3,(H,15,16). The fourth-order valence-corrected chi connectivity index (χ4v) is 1.67. The van der Waals surface area contributed by atoms with Gasteiger partial charge in [-0.05, 0) is 24.1 Å². The van der Waals surface area contributed by atoms with Gasteiger partial charge in [0, 0.05) is 17.8 Å². The molecular formula is C12H14FN3O. The molecule has 5 heteroatoms. The van der Waals surface area contributed by atoms with Crippen LogP contribution in [-0.2, 0) is 6.42 Å². The number of aromatic amines is 1. The lowest BCUT2D eigenvalue weighted by Gasteiger charge is -2.10. The Kier molecular flexibility index (Phi) is 3.39. The fourth-order valence-electron chi connectivity index (χ4n) is 1.67. The summed E-state index contributed by atoms with van der Waals surface area (Å²) in [6.07, 6.45) is 3.97. The molecule has 1 heterocycles. The minimum Gasteiger partial charge on any atom is -0.494 e. The van der Waals surface area contributed by atoms with Gasteiger partial charge in [-0.3, -0.25) is 5.10 Å². The second-order valence-electron chi connectivity index (χ2n) is 3.81. The van der Waals surface area contributed by atoms with E-state index in [0.29, 0.717) is 6.42 Å². The highest BCUT2D eigenvalue weighted by molar-refractivity contribution is 5.30. The second kappa shape index (κ2) is 4.97. The number of hydrogen-bond donors (Lipinski definition) is 2. The zero-order chi connectivity index (χ0) is 12.3. The zero-order valence-corrected chi connectivity index (χ0v) is 9.48. The van der Waals surface area contributed by atoms with Crippen LogP contribution < -0.4 is 10.5 Å². The minimum absolute atomic E-state index is 0.193. The van der Waals surface area contributed by atoms with Crippen LogP contribution in [0.4, 0.5) is 4.39 Å². The first-order chi connectivity index (χ1) is 8.20. The van der Waals surface area contributed by atoms with Crippen LogP contribution in [0.1, 0.15) is 17.2 Å². The molecule has 0 aliphatic heterocycles. The molecule has 2 aromatic rings. The normalized spacial score (nSPS) is 12.4. The zero-order valence-electron chi connectivity index (χ0n) is 9.48. The summed E-state index contributed by atoms with van der Waals surface area (Å²) < 4.78 is 18.3. The van der Waals surface area contributed by atoms with Gasteiger partial charge in [-0.2, -0.15) is 5.10 Å². The summed E-state index contributed by atoms with van der Waals surface area (Å²) in [7, 11) is 1.44. The molecule has 0 amide bonds. The van der Waals surface area contributed by atoms with Gasteiger partial charge >= 0.3 is 0 Å². The monoisotopic (exact) mass is 235 g/mol. The Morgan fingerprint density at radius 2 is 2.35 bits per heavy atom. The average Bonchev–Trinajstić information content (AvgIpc) is 2.82. The number of halogens is 1. The number of hydrogen-bond acceptors (Lipinski definition) is 3. The first-order valence-electron chi connectivity index (χ1n) is 5.27. The van der Waals surface area contributed by atoms with Gasteiger partial charge in [-0.15, -0.1) is 0 Å². The molecule has 0 saturated heterocycles. The number of H-pyrrole nitrogens is 1. The van der Waals surface area contributed by atoms with Crippen molar-refractivity contribution in [3.63, 3.8) is 0 Å². The van der Waals surface area contributed by atoms with Crippen molar-refractivity contribution in [1.29, 1.82) is 0 Å². The van der Waals surface area contributed by atoms with Crippen LogP contribution in [0.25, 0.3) is 0 Å². The summed E-state index contributed by atoms with van der Waals surface area (Å²) in [5.41, 5.74) is 7.71. The highest BCUT2D eigenvalue weighted by Gasteiger charge is 2.10. The fraction of sp³-hybridized carbons (Fsp3) is 0.250. The molecule has 3 N–H and O–H groups in total. The largest absolute Gasteiger partial charge is 0.494 e.